The molecule has 1 aliphatic heterocycles. The van der Waals surface area contributed by atoms with Gasteiger partial charge in [-0.15, -0.1) is 5.10 Å². The van der Waals surface area contributed by atoms with Crippen molar-refractivity contribution in [1.82, 2.24) is 19.5 Å². The van der Waals surface area contributed by atoms with Crippen LogP contribution in [0.1, 0.15) is 71.7 Å². The number of phenols is 1. The molecule has 226 valence electrons. The second kappa shape index (κ2) is 11.7. The van der Waals surface area contributed by atoms with Gasteiger partial charge in [-0.25, -0.2) is 9.67 Å². The summed E-state index contributed by atoms with van der Waals surface area (Å²) in [6, 6.07) is 12.3. The molecular formula is C32H43N5O3S2. The van der Waals surface area contributed by atoms with Crippen molar-refractivity contribution < 1.29 is 14.6 Å². The Labute approximate surface area is 258 Å². The normalized spacial score (nSPS) is 21.3. The molecule has 0 spiro atoms. The van der Waals surface area contributed by atoms with E-state index in [9.17, 15) is 9.90 Å². The number of thioether (sulfide) groups is 1. The number of carbonyl (C=O) groups excluding carboxylic acids is 1. The minimum atomic E-state index is -0.222. The molecule has 1 amide bonds. The van der Waals surface area contributed by atoms with Crippen LogP contribution in [0.25, 0.3) is 5.82 Å². The van der Waals surface area contributed by atoms with Crippen molar-refractivity contribution in [1.29, 1.82) is 0 Å². The molecule has 1 aromatic carbocycles. The lowest BCUT2D eigenvalue weighted by molar-refractivity contribution is 0.0984. The first-order chi connectivity index (χ1) is 19.8. The minimum Gasteiger partial charge on any atom is -0.508 e. The maximum atomic E-state index is 13.6. The van der Waals surface area contributed by atoms with E-state index >= 15 is 0 Å². The van der Waals surface area contributed by atoms with E-state index in [2.05, 4.69) is 63.2 Å². The van der Waals surface area contributed by atoms with Gasteiger partial charge in [-0.3, -0.25) is 9.52 Å². The molecule has 10 heteroatoms. The van der Waals surface area contributed by atoms with Gasteiger partial charge in [0.25, 0.3) is 5.91 Å². The van der Waals surface area contributed by atoms with E-state index < -0.39 is 0 Å². The highest BCUT2D eigenvalue weighted by atomic mass is 32.2. The predicted octanol–water partition coefficient (Wildman–Crippen LogP) is 6.97. The van der Waals surface area contributed by atoms with Crippen molar-refractivity contribution >= 4 is 35.4 Å². The van der Waals surface area contributed by atoms with Crippen molar-refractivity contribution in [2.45, 2.75) is 77.0 Å². The fourth-order valence-electron chi connectivity index (χ4n) is 5.87. The van der Waals surface area contributed by atoms with Crippen molar-refractivity contribution in [3.8, 4) is 17.4 Å². The summed E-state index contributed by atoms with van der Waals surface area (Å²) in [5.41, 5.74) is 0.816. The first-order valence-corrected chi connectivity index (χ1v) is 16.5. The Morgan fingerprint density at radius 3 is 2.50 bits per heavy atom. The van der Waals surface area contributed by atoms with Crippen LogP contribution in [-0.2, 0) is 0 Å². The molecule has 1 unspecified atom stereocenters. The van der Waals surface area contributed by atoms with Gasteiger partial charge < -0.3 is 14.7 Å². The number of carbonyl (C=O) groups is 1. The molecule has 8 nitrogen and oxygen atoms in total. The van der Waals surface area contributed by atoms with E-state index in [1.54, 1.807) is 28.9 Å². The first-order valence-electron chi connectivity index (χ1n) is 14.6. The summed E-state index contributed by atoms with van der Waals surface area (Å²) in [7, 11) is 0. The molecule has 2 N–H and O–H groups in total. The van der Waals surface area contributed by atoms with Crippen molar-refractivity contribution in [2.75, 3.05) is 23.8 Å². The number of aromatic nitrogens is 3. The van der Waals surface area contributed by atoms with E-state index in [4.69, 9.17) is 9.72 Å². The van der Waals surface area contributed by atoms with Crippen LogP contribution >= 0.6 is 23.7 Å². The molecule has 42 heavy (non-hydrogen) atoms. The lowest BCUT2D eigenvalue weighted by Crippen LogP contribution is -2.48. The number of ether oxygens (including phenoxy) is 1. The van der Waals surface area contributed by atoms with Crippen molar-refractivity contribution in [2.24, 2.45) is 16.7 Å². The summed E-state index contributed by atoms with van der Waals surface area (Å²) in [6.45, 7) is 17.3. The number of hydrogen-bond acceptors (Lipinski definition) is 8. The highest BCUT2D eigenvalue weighted by molar-refractivity contribution is 7.99. The molecule has 1 saturated carbocycles. The van der Waals surface area contributed by atoms with Gasteiger partial charge in [0.1, 0.15) is 11.6 Å². The number of aromatic hydroxyl groups is 1. The standard InChI is InChI=1S/C32H43N5O3S2/c1-21-14-16-30(2,3)36(18-19-41-21)28-24(29(39)35-42-23-10-8-22(38)9-11-23)12-13-26(33-28)37-17-15-27(34-37)40-20-25-31(4,5)32(25,6)7/h8-13,15,17,21,25,38H,14,16,18-20H2,1-7H3,(H,35,39). The van der Waals surface area contributed by atoms with E-state index in [1.807, 2.05) is 36.2 Å². The molecule has 5 rings (SSSR count). The number of hydrogen-bond donors (Lipinski definition) is 2. The number of amides is 1. The third-order valence-corrected chi connectivity index (χ3v) is 11.6. The summed E-state index contributed by atoms with van der Waals surface area (Å²) in [4.78, 5) is 21.8. The van der Waals surface area contributed by atoms with Crippen LogP contribution in [-0.4, -0.2) is 55.5 Å². The van der Waals surface area contributed by atoms with Crippen molar-refractivity contribution in [3.63, 3.8) is 0 Å². The third-order valence-electron chi connectivity index (χ3n) is 9.59. The van der Waals surface area contributed by atoms with Crippen LogP contribution in [0.3, 0.4) is 0 Å². The average Bonchev–Trinajstić information content (AvgIpc) is 3.24. The summed E-state index contributed by atoms with van der Waals surface area (Å²) < 4.78 is 10.8. The second-order valence-corrected chi connectivity index (χ2v) is 15.6. The van der Waals surface area contributed by atoms with E-state index in [-0.39, 0.29) is 28.0 Å². The Hall–Kier alpha value is -2.85. The van der Waals surface area contributed by atoms with Crippen LogP contribution in [0.5, 0.6) is 11.6 Å². The number of benzene rings is 1. The van der Waals surface area contributed by atoms with Gasteiger partial charge in [0.2, 0.25) is 5.88 Å². The lowest BCUT2D eigenvalue weighted by atomic mass is 9.94. The number of nitrogens with one attached hydrogen (secondary N) is 1. The largest absolute Gasteiger partial charge is 0.508 e. The lowest BCUT2D eigenvalue weighted by Gasteiger charge is -2.42. The van der Waals surface area contributed by atoms with Crippen LogP contribution in [0, 0.1) is 16.7 Å². The Bertz CT molecular complexity index is 1410. The van der Waals surface area contributed by atoms with Gasteiger partial charge in [0, 0.05) is 46.2 Å². The molecule has 1 aliphatic carbocycles. The molecule has 3 aromatic rings. The van der Waals surface area contributed by atoms with E-state index in [0.29, 0.717) is 40.9 Å². The summed E-state index contributed by atoms with van der Waals surface area (Å²) in [5.74, 6) is 3.25. The quantitative estimate of drug-likeness (QED) is 0.265. The average molecular weight is 610 g/mol. The minimum absolute atomic E-state index is 0.187. The van der Waals surface area contributed by atoms with Gasteiger partial charge in [-0.1, -0.05) is 34.6 Å². The van der Waals surface area contributed by atoms with Crippen LogP contribution in [0.15, 0.2) is 53.6 Å². The van der Waals surface area contributed by atoms with Gasteiger partial charge in [0.15, 0.2) is 5.82 Å². The molecule has 2 aromatic heterocycles. The summed E-state index contributed by atoms with van der Waals surface area (Å²) >= 11 is 3.18. The van der Waals surface area contributed by atoms with E-state index in [0.717, 1.165) is 30.0 Å². The predicted molar refractivity (Wildman–Crippen MR) is 172 cm³/mol. The van der Waals surface area contributed by atoms with Crippen LogP contribution < -0.4 is 14.4 Å². The van der Waals surface area contributed by atoms with Gasteiger partial charge in [-0.2, -0.15) is 11.8 Å². The molecule has 1 saturated heterocycles. The van der Waals surface area contributed by atoms with Crippen LogP contribution in [0.4, 0.5) is 5.82 Å². The first kappa shape index (κ1) is 30.6. The monoisotopic (exact) mass is 609 g/mol. The maximum Gasteiger partial charge on any atom is 0.265 e. The molecule has 2 aliphatic rings. The molecule has 0 bridgehead atoms. The topological polar surface area (TPSA) is 92.5 Å². The molecule has 0 radical (unpaired) electrons. The highest BCUT2D eigenvalue weighted by Crippen LogP contribution is 2.68. The Kier molecular flexibility index (Phi) is 8.51. The van der Waals surface area contributed by atoms with Crippen LogP contribution in [0.2, 0.25) is 0 Å². The zero-order valence-electron chi connectivity index (χ0n) is 25.7. The molecule has 1 atom stereocenters. The molecule has 2 fully saturated rings. The fourth-order valence-corrected chi connectivity index (χ4v) is 7.44. The number of phenolic OH excluding ortho intramolecular Hbond substituents is 1. The third kappa shape index (κ3) is 6.25. The number of anilines is 1. The Balaban J connectivity index is 1.41. The zero-order chi connectivity index (χ0) is 30.3. The smallest absolute Gasteiger partial charge is 0.265 e. The molecular weight excluding hydrogens is 567 g/mol. The SMILES string of the molecule is CC1CCC(C)(C)N(c2nc(-n3ccc(OCC4C(C)(C)C4(C)C)n3)ccc2C(=O)NSc2ccc(O)cc2)CCS1. The van der Waals surface area contributed by atoms with Gasteiger partial charge in [-0.05, 0) is 85.9 Å². The van der Waals surface area contributed by atoms with Gasteiger partial charge in [0.05, 0.1) is 12.2 Å². The highest BCUT2D eigenvalue weighted by Gasteiger charge is 2.64. The number of rotatable bonds is 8. The summed E-state index contributed by atoms with van der Waals surface area (Å²) in [5, 5.41) is 14.9. The fraction of sp³-hybridized carbons (Fsp3) is 0.531. The number of nitrogens with zero attached hydrogens (tertiary/aromatic N) is 4. The second-order valence-electron chi connectivity index (χ2n) is 13.2. The van der Waals surface area contributed by atoms with E-state index in [1.165, 1.54) is 11.9 Å². The zero-order valence-corrected chi connectivity index (χ0v) is 27.3. The number of pyridine rings is 1. The maximum absolute atomic E-state index is 13.6. The van der Waals surface area contributed by atoms with Crippen molar-refractivity contribution in [3.05, 3.63) is 54.2 Å². The molecule has 3 heterocycles. The summed E-state index contributed by atoms with van der Waals surface area (Å²) in [6.07, 6.45) is 3.95. The Morgan fingerprint density at radius 2 is 1.81 bits per heavy atom. The Morgan fingerprint density at radius 1 is 1.10 bits per heavy atom. The van der Waals surface area contributed by atoms with Gasteiger partial charge >= 0.3 is 0 Å².